The van der Waals surface area contributed by atoms with E-state index in [4.69, 9.17) is 0 Å². The van der Waals surface area contributed by atoms with Gasteiger partial charge in [0.2, 0.25) is 0 Å². The third kappa shape index (κ3) is 5.47. The minimum atomic E-state index is 0.213. The van der Waals surface area contributed by atoms with Crippen molar-refractivity contribution in [3.63, 3.8) is 0 Å². The zero-order chi connectivity index (χ0) is 11.3. The summed E-state index contributed by atoms with van der Waals surface area (Å²) in [4.78, 5) is 1.50. The summed E-state index contributed by atoms with van der Waals surface area (Å²) in [7, 11) is 1.79. The number of hydrogen-bond acceptors (Lipinski definition) is 4. The molecule has 5 nitrogen and oxygen atoms in total. The largest absolute Gasteiger partial charge is 0.312 e. The summed E-state index contributed by atoms with van der Waals surface area (Å²) in [6.45, 7) is 7.58. The molecular formula is C10H21N5. The van der Waals surface area contributed by atoms with Gasteiger partial charge in [-0.1, -0.05) is 0 Å². The Morgan fingerprint density at radius 1 is 1.27 bits per heavy atom. The van der Waals surface area contributed by atoms with Crippen molar-refractivity contribution in [3.05, 3.63) is 5.82 Å². The number of aromatic nitrogens is 4. The molecule has 0 aliphatic rings. The van der Waals surface area contributed by atoms with E-state index in [1.807, 2.05) is 0 Å². The molecule has 1 N–H and O–H groups in total. The lowest BCUT2D eigenvalue weighted by Crippen LogP contribution is -2.36. The van der Waals surface area contributed by atoms with Crippen LogP contribution in [-0.4, -0.2) is 32.3 Å². The van der Waals surface area contributed by atoms with Gasteiger partial charge in [0.15, 0.2) is 5.82 Å². The predicted octanol–water partition coefficient (Wildman–Crippen LogP) is 0.921. The molecule has 0 fully saturated rings. The van der Waals surface area contributed by atoms with Crippen LogP contribution in [-0.2, 0) is 13.5 Å². The fourth-order valence-corrected chi connectivity index (χ4v) is 1.29. The van der Waals surface area contributed by atoms with Crippen molar-refractivity contribution in [2.24, 2.45) is 7.05 Å². The Bertz CT molecular complexity index is 286. The van der Waals surface area contributed by atoms with Crippen molar-refractivity contribution in [2.75, 3.05) is 6.54 Å². The summed E-state index contributed by atoms with van der Waals surface area (Å²) in [5, 5.41) is 15.3. The maximum absolute atomic E-state index is 4.13. The first-order valence-corrected chi connectivity index (χ1v) is 5.45. The molecule has 1 rings (SSSR count). The SMILES string of the molecule is Cn1nnc(CCCCNC(C)(C)C)n1. The van der Waals surface area contributed by atoms with Gasteiger partial charge < -0.3 is 5.32 Å². The first-order chi connectivity index (χ1) is 6.97. The second-order valence-corrected chi connectivity index (χ2v) is 4.83. The highest BCUT2D eigenvalue weighted by atomic mass is 15.6. The van der Waals surface area contributed by atoms with Gasteiger partial charge in [-0.05, 0) is 45.4 Å². The highest BCUT2D eigenvalue weighted by molar-refractivity contribution is 4.77. The molecule has 0 radical (unpaired) electrons. The van der Waals surface area contributed by atoms with E-state index < -0.39 is 0 Å². The lowest BCUT2D eigenvalue weighted by atomic mass is 10.1. The van der Waals surface area contributed by atoms with E-state index in [9.17, 15) is 0 Å². The van der Waals surface area contributed by atoms with Crippen LogP contribution in [0, 0.1) is 0 Å². The molecule has 1 aromatic rings. The molecule has 1 aromatic heterocycles. The highest BCUT2D eigenvalue weighted by Crippen LogP contribution is 2.01. The third-order valence-corrected chi connectivity index (χ3v) is 2.03. The molecule has 86 valence electrons. The molecule has 0 atom stereocenters. The number of nitrogens with zero attached hydrogens (tertiary/aromatic N) is 4. The van der Waals surface area contributed by atoms with Crippen molar-refractivity contribution in [1.29, 1.82) is 0 Å². The number of tetrazole rings is 1. The van der Waals surface area contributed by atoms with Crippen LogP contribution < -0.4 is 5.32 Å². The van der Waals surface area contributed by atoms with E-state index in [2.05, 4.69) is 41.5 Å². The van der Waals surface area contributed by atoms with Crippen molar-refractivity contribution in [2.45, 2.75) is 45.6 Å². The lowest BCUT2D eigenvalue weighted by molar-refractivity contribution is 0.418. The van der Waals surface area contributed by atoms with Crippen LogP contribution in [0.2, 0.25) is 0 Å². The first kappa shape index (κ1) is 12.1. The van der Waals surface area contributed by atoms with Gasteiger partial charge in [0, 0.05) is 12.0 Å². The van der Waals surface area contributed by atoms with Gasteiger partial charge in [-0.25, -0.2) is 0 Å². The first-order valence-electron chi connectivity index (χ1n) is 5.45. The fourth-order valence-electron chi connectivity index (χ4n) is 1.29. The van der Waals surface area contributed by atoms with Crippen LogP contribution in [0.15, 0.2) is 0 Å². The number of nitrogens with one attached hydrogen (secondary N) is 1. The molecule has 0 aliphatic heterocycles. The van der Waals surface area contributed by atoms with Gasteiger partial charge in [-0.3, -0.25) is 0 Å². The third-order valence-electron chi connectivity index (χ3n) is 2.03. The van der Waals surface area contributed by atoms with Crippen molar-refractivity contribution < 1.29 is 0 Å². The molecule has 0 amide bonds. The minimum Gasteiger partial charge on any atom is -0.312 e. The molecule has 15 heavy (non-hydrogen) atoms. The van der Waals surface area contributed by atoms with E-state index in [1.165, 1.54) is 4.80 Å². The molecule has 0 aliphatic carbocycles. The average Bonchev–Trinajstić information content (AvgIpc) is 2.49. The van der Waals surface area contributed by atoms with Gasteiger partial charge in [-0.15, -0.1) is 10.2 Å². The van der Waals surface area contributed by atoms with E-state index in [0.717, 1.165) is 31.6 Å². The molecule has 0 bridgehead atoms. The molecule has 0 aromatic carbocycles. The molecule has 0 saturated heterocycles. The Morgan fingerprint density at radius 3 is 2.53 bits per heavy atom. The summed E-state index contributed by atoms with van der Waals surface area (Å²) in [6.07, 6.45) is 3.17. The van der Waals surface area contributed by atoms with Crippen LogP contribution in [0.1, 0.15) is 39.4 Å². The fraction of sp³-hybridized carbons (Fsp3) is 0.900. The summed E-state index contributed by atoms with van der Waals surface area (Å²) in [6, 6.07) is 0. The van der Waals surface area contributed by atoms with Crippen LogP contribution in [0.5, 0.6) is 0 Å². The minimum absolute atomic E-state index is 0.213. The van der Waals surface area contributed by atoms with Gasteiger partial charge >= 0.3 is 0 Å². The molecular weight excluding hydrogens is 190 g/mol. The highest BCUT2D eigenvalue weighted by Gasteiger charge is 2.07. The quantitative estimate of drug-likeness (QED) is 0.736. The monoisotopic (exact) mass is 211 g/mol. The van der Waals surface area contributed by atoms with Crippen LogP contribution in [0.3, 0.4) is 0 Å². The summed E-state index contributed by atoms with van der Waals surface area (Å²) < 4.78 is 0. The number of rotatable bonds is 5. The van der Waals surface area contributed by atoms with E-state index >= 15 is 0 Å². The number of unbranched alkanes of at least 4 members (excludes halogenated alkanes) is 1. The maximum Gasteiger partial charge on any atom is 0.174 e. The van der Waals surface area contributed by atoms with Crippen LogP contribution >= 0.6 is 0 Å². The maximum atomic E-state index is 4.13. The lowest BCUT2D eigenvalue weighted by Gasteiger charge is -2.20. The van der Waals surface area contributed by atoms with Gasteiger partial charge in [0.25, 0.3) is 0 Å². The molecule has 5 heteroatoms. The Labute approximate surface area is 91.2 Å². The summed E-state index contributed by atoms with van der Waals surface area (Å²) in [5.41, 5.74) is 0.213. The van der Waals surface area contributed by atoms with Crippen molar-refractivity contribution >= 4 is 0 Å². The van der Waals surface area contributed by atoms with Gasteiger partial charge in [-0.2, -0.15) is 4.80 Å². The number of aryl methyl sites for hydroxylation is 2. The number of hydrogen-bond donors (Lipinski definition) is 1. The van der Waals surface area contributed by atoms with Crippen molar-refractivity contribution in [1.82, 2.24) is 25.5 Å². The zero-order valence-electron chi connectivity index (χ0n) is 10.1. The van der Waals surface area contributed by atoms with Crippen molar-refractivity contribution in [3.8, 4) is 0 Å². The molecule has 0 saturated carbocycles. The topological polar surface area (TPSA) is 55.6 Å². The Hall–Kier alpha value is -0.970. The molecule has 0 unspecified atom stereocenters. The van der Waals surface area contributed by atoms with Gasteiger partial charge in [0.05, 0.1) is 7.05 Å². The summed E-state index contributed by atoms with van der Waals surface area (Å²) in [5.74, 6) is 0.841. The Balaban J connectivity index is 2.07. The van der Waals surface area contributed by atoms with Crippen LogP contribution in [0.4, 0.5) is 0 Å². The normalized spacial score (nSPS) is 12.0. The molecule has 1 heterocycles. The predicted molar refractivity (Wildman–Crippen MR) is 59.5 cm³/mol. The Morgan fingerprint density at radius 2 is 2.00 bits per heavy atom. The second kappa shape index (κ2) is 5.21. The van der Waals surface area contributed by atoms with E-state index in [0.29, 0.717) is 0 Å². The molecule has 0 spiro atoms. The average molecular weight is 211 g/mol. The second-order valence-electron chi connectivity index (χ2n) is 4.83. The Kier molecular flexibility index (Phi) is 4.20. The standard InChI is InChI=1S/C10H21N5/c1-10(2,3)11-8-6-5-7-9-12-14-15(4)13-9/h11H,5-8H2,1-4H3. The van der Waals surface area contributed by atoms with E-state index in [-0.39, 0.29) is 5.54 Å². The van der Waals surface area contributed by atoms with E-state index in [1.54, 1.807) is 7.05 Å². The van der Waals surface area contributed by atoms with Crippen LogP contribution in [0.25, 0.3) is 0 Å². The summed E-state index contributed by atoms with van der Waals surface area (Å²) >= 11 is 0. The smallest absolute Gasteiger partial charge is 0.174 e. The van der Waals surface area contributed by atoms with Gasteiger partial charge in [0.1, 0.15) is 0 Å². The zero-order valence-corrected chi connectivity index (χ0v) is 10.1.